The van der Waals surface area contributed by atoms with Crippen LogP contribution in [0.2, 0.25) is 0 Å². The number of nitrogens with one attached hydrogen (secondary N) is 1. The summed E-state index contributed by atoms with van der Waals surface area (Å²) in [6.45, 7) is 6.73. The highest BCUT2D eigenvalue weighted by atomic mass is 16.6. The number of hydrogen-bond donors (Lipinski definition) is 1. The molecule has 2 amide bonds. The predicted octanol–water partition coefficient (Wildman–Crippen LogP) is 3.40. The van der Waals surface area contributed by atoms with Crippen molar-refractivity contribution in [2.45, 2.75) is 57.2 Å². The lowest BCUT2D eigenvalue weighted by Crippen LogP contribution is -2.50. The maximum atomic E-state index is 12.5. The average Bonchev–Trinajstić information content (AvgIpc) is 3.39. The monoisotopic (exact) mass is 464 g/mol. The van der Waals surface area contributed by atoms with Crippen LogP contribution >= 0.6 is 0 Å². The van der Waals surface area contributed by atoms with Gasteiger partial charge in [-0.05, 0) is 33.6 Å². The van der Waals surface area contributed by atoms with Crippen LogP contribution < -0.4 is 5.32 Å². The van der Waals surface area contributed by atoms with E-state index in [1.807, 2.05) is 62.0 Å². The summed E-state index contributed by atoms with van der Waals surface area (Å²) in [6, 6.07) is 11.5. The van der Waals surface area contributed by atoms with Gasteiger partial charge in [0.25, 0.3) is 5.91 Å². The first-order valence-electron chi connectivity index (χ1n) is 11.5. The topological polar surface area (TPSA) is 115 Å². The van der Waals surface area contributed by atoms with Gasteiger partial charge in [0.2, 0.25) is 5.76 Å². The van der Waals surface area contributed by atoms with Crippen LogP contribution in [0.5, 0.6) is 0 Å². The molecule has 10 nitrogen and oxygen atoms in total. The maximum absolute atomic E-state index is 12.5. The number of rotatable bonds is 5. The second kappa shape index (κ2) is 8.58. The van der Waals surface area contributed by atoms with E-state index in [4.69, 9.17) is 9.26 Å². The van der Waals surface area contributed by atoms with Gasteiger partial charge in [0.1, 0.15) is 11.3 Å². The highest BCUT2D eigenvalue weighted by molar-refractivity contribution is 5.92. The number of carbonyl (C=O) groups is 2. The molecule has 2 fully saturated rings. The average molecular weight is 465 g/mol. The minimum atomic E-state index is -0.501. The van der Waals surface area contributed by atoms with E-state index in [1.54, 1.807) is 11.0 Å². The number of nitrogens with zero attached hydrogens (tertiary/aromatic N) is 5. The molecule has 1 N–H and O–H groups in total. The Labute approximate surface area is 197 Å². The first kappa shape index (κ1) is 22.1. The Morgan fingerprint density at radius 2 is 1.88 bits per heavy atom. The zero-order chi connectivity index (χ0) is 23.9. The molecule has 0 radical (unpaired) electrons. The second-order valence-electron chi connectivity index (χ2n) is 9.94. The van der Waals surface area contributed by atoms with Crippen molar-refractivity contribution in [1.29, 1.82) is 0 Å². The molecule has 1 aliphatic carbocycles. The van der Waals surface area contributed by atoms with E-state index in [1.165, 1.54) is 0 Å². The number of amides is 2. The Bertz CT molecular complexity index is 1170. The molecule has 34 heavy (non-hydrogen) atoms. The molecule has 2 aromatic heterocycles. The molecule has 1 saturated heterocycles. The molecule has 3 aromatic rings. The highest BCUT2D eigenvalue weighted by Crippen LogP contribution is 2.34. The third kappa shape index (κ3) is 4.66. The predicted molar refractivity (Wildman–Crippen MR) is 122 cm³/mol. The fourth-order valence-corrected chi connectivity index (χ4v) is 4.10. The molecular weight excluding hydrogens is 436 g/mol. The molecule has 1 aliphatic heterocycles. The van der Waals surface area contributed by atoms with E-state index in [-0.39, 0.29) is 35.8 Å². The highest BCUT2D eigenvalue weighted by Gasteiger charge is 2.38. The van der Waals surface area contributed by atoms with Crippen molar-refractivity contribution < 1.29 is 18.8 Å². The van der Waals surface area contributed by atoms with Crippen LogP contribution in [0.4, 0.5) is 4.79 Å². The zero-order valence-corrected chi connectivity index (χ0v) is 19.5. The first-order chi connectivity index (χ1) is 16.2. The summed E-state index contributed by atoms with van der Waals surface area (Å²) in [5.74, 6) is 0.0982. The van der Waals surface area contributed by atoms with Crippen molar-refractivity contribution >= 4 is 12.0 Å². The molecular formula is C24H28N6O4. The van der Waals surface area contributed by atoms with Gasteiger partial charge < -0.3 is 19.5 Å². The Balaban J connectivity index is 1.08. The van der Waals surface area contributed by atoms with E-state index in [9.17, 15) is 9.59 Å². The van der Waals surface area contributed by atoms with Crippen molar-refractivity contribution in [2.24, 2.45) is 0 Å². The van der Waals surface area contributed by atoms with Gasteiger partial charge in [0, 0.05) is 42.9 Å². The molecule has 0 bridgehead atoms. The van der Waals surface area contributed by atoms with E-state index in [0.29, 0.717) is 18.8 Å². The van der Waals surface area contributed by atoms with Crippen LogP contribution in [-0.4, -0.2) is 61.8 Å². The number of benzene rings is 1. The normalized spacial score (nSPS) is 20.4. The van der Waals surface area contributed by atoms with Crippen molar-refractivity contribution in [3.63, 3.8) is 0 Å². The summed E-state index contributed by atoms with van der Waals surface area (Å²) in [6.07, 6.45) is 3.19. The van der Waals surface area contributed by atoms with Gasteiger partial charge in [-0.25, -0.2) is 9.48 Å². The van der Waals surface area contributed by atoms with Crippen molar-refractivity contribution in [3.05, 3.63) is 54.0 Å². The lowest BCUT2D eigenvalue weighted by molar-refractivity contribution is 0.00784. The van der Waals surface area contributed by atoms with Gasteiger partial charge >= 0.3 is 6.09 Å². The van der Waals surface area contributed by atoms with Gasteiger partial charge in [-0.3, -0.25) is 4.79 Å². The lowest BCUT2D eigenvalue weighted by Gasteiger charge is -2.38. The van der Waals surface area contributed by atoms with Crippen LogP contribution in [0, 0.1) is 0 Å². The number of carbonyl (C=O) groups excluding carboxylic acids is 2. The third-order valence-corrected chi connectivity index (χ3v) is 6.11. The summed E-state index contributed by atoms with van der Waals surface area (Å²) in [5, 5.41) is 15.6. The molecule has 3 heterocycles. The second-order valence-corrected chi connectivity index (χ2v) is 9.94. The van der Waals surface area contributed by atoms with Gasteiger partial charge in [-0.1, -0.05) is 40.7 Å². The number of ether oxygens (including phenoxy) is 1. The Morgan fingerprint density at radius 3 is 2.59 bits per heavy atom. The van der Waals surface area contributed by atoms with Crippen molar-refractivity contribution in [3.8, 4) is 11.3 Å². The van der Waals surface area contributed by atoms with Crippen molar-refractivity contribution in [2.75, 3.05) is 13.1 Å². The fourth-order valence-electron chi connectivity index (χ4n) is 4.10. The van der Waals surface area contributed by atoms with E-state index >= 15 is 0 Å². The molecule has 10 heteroatoms. The van der Waals surface area contributed by atoms with E-state index < -0.39 is 5.60 Å². The quantitative estimate of drug-likeness (QED) is 0.615. The summed E-state index contributed by atoms with van der Waals surface area (Å²) < 4.78 is 12.5. The number of likely N-dealkylation sites (tertiary alicyclic amines) is 1. The minimum absolute atomic E-state index is 0.0433. The molecule has 2 aliphatic rings. The molecule has 0 unspecified atom stereocenters. The summed E-state index contributed by atoms with van der Waals surface area (Å²) in [7, 11) is 0. The summed E-state index contributed by atoms with van der Waals surface area (Å²) >= 11 is 0. The SMILES string of the molecule is CC(C)(C)OC(=O)N1CC(c2cn([C@H]3C[C@H](NC(=O)c4cc(-c5ccccc5)no4)C3)nn2)C1. The van der Waals surface area contributed by atoms with E-state index in [0.717, 1.165) is 24.1 Å². The van der Waals surface area contributed by atoms with Crippen LogP contribution in [0.3, 0.4) is 0 Å². The minimum Gasteiger partial charge on any atom is -0.444 e. The standard InChI is InChI=1S/C24H28N6O4/c1-24(2,3)33-23(32)29-12-16(13-29)20-14-30(28-26-20)18-9-17(10-18)25-22(31)21-11-19(27-34-21)15-7-5-4-6-8-15/h4-8,11,14,16-18H,9-10,12-13H2,1-3H3,(H,25,31)/t17-,18-. The first-order valence-corrected chi connectivity index (χ1v) is 11.5. The van der Waals surface area contributed by atoms with Gasteiger partial charge in [-0.2, -0.15) is 0 Å². The zero-order valence-electron chi connectivity index (χ0n) is 19.5. The van der Waals surface area contributed by atoms with Crippen LogP contribution in [0.25, 0.3) is 11.3 Å². The van der Waals surface area contributed by atoms with Gasteiger partial charge in [-0.15, -0.1) is 5.10 Å². The Kier molecular flexibility index (Phi) is 5.59. The van der Waals surface area contributed by atoms with Crippen LogP contribution in [0.1, 0.15) is 61.8 Å². The third-order valence-electron chi connectivity index (χ3n) is 6.11. The van der Waals surface area contributed by atoms with Crippen molar-refractivity contribution in [1.82, 2.24) is 30.4 Å². The largest absolute Gasteiger partial charge is 0.444 e. The maximum Gasteiger partial charge on any atom is 0.410 e. The molecule has 0 spiro atoms. The molecule has 1 saturated carbocycles. The smallest absolute Gasteiger partial charge is 0.410 e. The van der Waals surface area contributed by atoms with Crippen LogP contribution in [-0.2, 0) is 4.74 Å². The van der Waals surface area contributed by atoms with E-state index in [2.05, 4.69) is 20.8 Å². The number of hydrogen-bond acceptors (Lipinski definition) is 7. The Hall–Kier alpha value is -3.69. The molecule has 0 atom stereocenters. The molecule has 5 rings (SSSR count). The van der Waals surface area contributed by atoms with Gasteiger partial charge in [0.05, 0.1) is 11.7 Å². The number of aromatic nitrogens is 4. The van der Waals surface area contributed by atoms with Gasteiger partial charge in [0.15, 0.2) is 0 Å². The molecule has 1 aromatic carbocycles. The fraction of sp³-hybridized carbons (Fsp3) is 0.458. The molecule has 178 valence electrons. The Morgan fingerprint density at radius 1 is 1.15 bits per heavy atom. The van der Waals surface area contributed by atoms with Crippen LogP contribution in [0.15, 0.2) is 47.1 Å². The lowest BCUT2D eigenvalue weighted by atomic mass is 9.86. The summed E-state index contributed by atoms with van der Waals surface area (Å²) in [4.78, 5) is 26.3. The summed E-state index contributed by atoms with van der Waals surface area (Å²) in [5.41, 5.74) is 1.91.